The zero-order valence-electron chi connectivity index (χ0n) is 14.9. The summed E-state index contributed by atoms with van der Waals surface area (Å²) in [6.07, 6.45) is 0.703. The lowest BCUT2D eigenvalue weighted by atomic mass is 10.1. The maximum atomic E-state index is 12.4. The monoisotopic (exact) mass is 370 g/mol. The lowest BCUT2D eigenvalue weighted by Crippen LogP contribution is -2.47. The fourth-order valence-corrected chi connectivity index (χ4v) is 3.87. The third-order valence-corrected chi connectivity index (χ3v) is 5.42. The maximum Gasteiger partial charge on any atom is 0.410 e. The number of hydrogen-bond donors (Lipinski definition) is 2. The number of sulfonamides is 1. The van der Waals surface area contributed by atoms with E-state index in [1.165, 1.54) is 12.1 Å². The molecule has 1 fully saturated rings. The molecule has 0 saturated carbocycles. The van der Waals surface area contributed by atoms with Gasteiger partial charge >= 0.3 is 6.09 Å². The first-order valence-corrected chi connectivity index (χ1v) is 9.79. The number of benzene rings is 1. The van der Waals surface area contributed by atoms with Crippen molar-refractivity contribution in [1.29, 1.82) is 0 Å². The summed E-state index contributed by atoms with van der Waals surface area (Å²) in [6.45, 7) is 6.21. The molecule has 0 aromatic heterocycles. The Hall–Kier alpha value is -1.64. The van der Waals surface area contributed by atoms with Gasteiger partial charge in [0.15, 0.2) is 0 Å². The van der Waals surface area contributed by atoms with Crippen LogP contribution in [0.2, 0.25) is 0 Å². The lowest BCUT2D eigenvalue weighted by molar-refractivity contribution is 0.0203. The van der Waals surface area contributed by atoms with Crippen LogP contribution in [0, 0.1) is 0 Å². The molecular weight excluding hydrogens is 344 g/mol. The molecule has 1 amide bonds. The second kappa shape index (κ2) is 7.72. The highest BCUT2D eigenvalue weighted by Crippen LogP contribution is 2.18. The van der Waals surface area contributed by atoms with Gasteiger partial charge in [0, 0.05) is 19.1 Å². The van der Waals surface area contributed by atoms with Crippen LogP contribution in [-0.4, -0.2) is 49.2 Å². The Bertz CT molecular complexity index is 687. The Kier molecular flexibility index (Phi) is 6.08. The summed E-state index contributed by atoms with van der Waals surface area (Å²) >= 11 is 0. The molecule has 1 saturated heterocycles. The van der Waals surface area contributed by atoms with Crippen molar-refractivity contribution in [1.82, 2.24) is 9.62 Å². The Morgan fingerprint density at radius 1 is 1.24 bits per heavy atom. The Morgan fingerprint density at radius 3 is 2.28 bits per heavy atom. The second-order valence-corrected chi connectivity index (χ2v) is 8.88. The smallest absolute Gasteiger partial charge is 0.410 e. The van der Waals surface area contributed by atoms with Crippen molar-refractivity contribution in [2.45, 2.75) is 56.8 Å². The highest BCUT2D eigenvalue weighted by molar-refractivity contribution is 7.89. The van der Waals surface area contributed by atoms with Crippen LogP contribution in [0.1, 0.15) is 39.2 Å². The summed E-state index contributed by atoms with van der Waals surface area (Å²) in [5.74, 6) is 0. The molecule has 0 radical (unpaired) electrons. The number of aliphatic hydroxyl groups is 1. The summed E-state index contributed by atoms with van der Waals surface area (Å²) in [6, 6.07) is 5.90. The third-order valence-electron chi connectivity index (χ3n) is 3.88. The molecule has 2 rings (SSSR count). The average Bonchev–Trinajstić information content (AvgIpc) is 2.53. The first-order chi connectivity index (χ1) is 11.6. The maximum absolute atomic E-state index is 12.4. The van der Waals surface area contributed by atoms with E-state index >= 15 is 0 Å². The van der Waals surface area contributed by atoms with E-state index in [-0.39, 0.29) is 23.6 Å². The molecule has 0 spiro atoms. The highest BCUT2D eigenvalue weighted by atomic mass is 32.2. The topological polar surface area (TPSA) is 95.9 Å². The predicted octanol–water partition coefficient (Wildman–Crippen LogP) is 1.86. The number of likely N-dealkylation sites (tertiary alicyclic amines) is 1. The summed E-state index contributed by atoms with van der Waals surface area (Å²) < 4.78 is 32.9. The van der Waals surface area contributed by atoms with Gasteiger partial charge in [-0.3, -0.25) is 0 Å². The van der Waals surface area contributed by atoms with Gasteiger partial charge in [0.05, 0.1) is 11.5 Å². The van der Waals surface area contributed by atoms with Crippen molar-refractivity contribution in [2.75, 3.05) is 13.1 Å². The van der Waals surface area contributed by atoms with Crippen LogP contribution < -0.4 is 4.72 Å². The van der Waals surface area contributed by atoms with Gasteiger partial charge in [-0.2, -0.15) is 0 Å². The van der Waals surface area contributed by atoms with Gasteiger partial charge in [0.25, 0.3) is 0 Å². The molecule has 1 heterocycles. The van der Waals surface area contributed by atoms with E-state index in [0.717, 1.165) is 0 Å². The number of amides is 1. The number of nitrogens with zero attached hydrogens (tertiary/aromatic N) is 1. The quantitative estimate of drug-likeness (QED) is 0.843. The lowest BCUT2D eigenvalue weighted by Gasteiger charge is -2.33. The van der Waals surface area contributed by atoms with Crippen LogP contribution in [-0.2, 0) is 21.4 Å². The van der Waals surface area contributed by atoms with E-state index in [1.54, 1.807) is 17.0 Å². The van der Waals surface area contributed by atoms with Gasteiger partial charge in [0.2, 0.25) is 10.0 Å². The number of carbonyl (C=O) groups excluding carboxylic acids is 1. The van der Waals surface area contributed by atoms with Crippen LogP contribution in [0.3, 0.4) is 0 Å². The summed E-state index contributed by atoms with van der Waals surface area (Å²) in [4.78, 5) is 13.8. The van der Waals surface area contributed by atoms with Crippen molar-refractivity contribution in [3.63, 3.8) is 0 Å². The Labute approximate surface area is 149 Å². The Morgan fingerprint density at radius 2 is 1.80 bits per heavy atom. The number of ether oxygens (including phenoxy) is 1. The standard InChI is InChI=1S/C17H26N2O5S/c1-17(2,3)24-16(21)19-10-8-14(9-11-19)18-25(22,23)15-6-4-13(12-20)5-7-15/h4-7,14,18,20H,8-12H2,1-3H3. The molecule has 0 unspecified atom stereocenters. The van der Waals surface area contributed by atoms with Crippen LogP contribution >= 0.6 is 0 Å². The van der Waals surface area contributed by atoms with E-state index in [2.05, 4.69) is 4.72 Å². The van der Waals surface area contributed by atoms with E-state index in [9.17, 15) is 13.2 Å². The zero-order valence-corrected chi connectivity index (χ0v) is 15.7. The van der Waals surface area contributed by atoms with Gasteiger partial charge in [-0.15, -0.1) is 0 Å². The van der Waals surface area contributed by atoms with Gasteiger partial charge in [-0.25, -0.2) is 17.9 Å². The van der Waals surface area contributed by atoms with Crippen LogP contribution in [0.5, 0.6) is 0 Å². The number of nitrogens with one attached hydrogen (secondary N) is 1. The van der Waals surface area contributed by atoms with Gasteiger partial charge in [0.1, 0.15) is 5.60 Å². The van der Waals surface area contributed by atoms with Crippen molar-refractivity contribution in [3.8, 4) is 0 Å². The molecule has 1 aliphatic rings. The molecule has 0 bridgehead atoms. The second-order valence-electron chi connectivity index (χ2n) is 7.17. The summed E-state index contributed by atoms with van der Waals surface area (Å²) in [5, 5.41) is 9.03. The summed E-state index contributed by atoms with van der Waals surface area (Å²) in [5.41, 5.74) is 0.112. The minimum Gasteiger partial charge on any atom is -0.444 e. The van der Waals surface area contributed by atoms with E-state index < -0.39 is 15.6 Å². The van der Waals surface area contributed by atoms with Gasteiger partial charge < -0.3 is 14.7 Å². The largest absolute Gasteiger partial charge is 0.444 e. The minimum atomic E-state index is -3.62. The molecule has 0 aliphatic carbocycles. The fraction of sp³-hybridized carbons (Fsp3) is 0.588. The van der Waals surface area contributed by atoms with Gasteiger partial charge in [-0.05, 0) is 51.3 Å². The number of rotatable bonds is 4. The minimum absolute atomic E-state index is 0.128. The van der Waals surface area contributed by atoms with E-state index in [1.807, 2.05) is 20.8 Å². The molecule has 1 aromatic rings. The van der Waals surface area contributed by atoms with Crippen LogP contribution in [0.15, 0.2) is 29.2 Å². The molecule has 2 N–H and O–H groups in total. The fourth-order valence-electron chi connectivity index (χ4n) is 2.57. The first-order valence-electron chi connectivity index (χ1n) is 8.31. The number of hydrogen-bond acceptors (Lipinski definition) is 5. The molecule has 140 valence electrons. The van der Waals surface area contributed by atoms with E-state index in [4.69, 9.17) is 9.84 Å². The van der Waals surface area contributed by atoms with Crippen LogP contribution in [0.4, 0.5) is 4.79 Å². The van der Waals surface area contributed by atoms with Gasteiger partial charge in [-0.1, -0.05) is 12.1 Å². The number of carbonyl (C=O) groups is 1. The number of aliphatic hydroxyl groups excluding tert-OH is 1. The number of piperidine rings is 1. The molecule has 25 heavy (non-hydrogen) atoms. The van der Waals surface area contributed by atoms with Crippen molar-refractivity contribution < 1.29 is 23.1 Å². The molecular formula is C17H26N2O5S. The van der Waals surface area contributed by atoms with Crippen molar-refractivity contribution in [2.24, 2.45) is 0 Å². The van der Waals surface area contributed by atoms with Crippen molar-refractivity contribution in [3.05, 3.63) is 29.8 Å². The molecule has 1 aromatic carbocycles. The van der Waals surface area contributed by atoms with E-state index in [0.29, 0.717) is 31.5 Å². The third kappa shape index (κ3) is 5.69. The van der Waals surface area contributed by atoms with Crippen LogP contribution in [0.25, 0.3) is 0 Å². The predicted molar refractivity (Wildman–Crippen MR) is 93.5 cm³/mol. The van der Waals surface area contributed by atoms with Crippen molar-refractivity contribution >= 4 is 16.1 Å². The molecule has 8 heteroatoms. The highest BCUT2D eigenvalue weighted by Gasteiger charge is 2.29. The molecule has 7 nitrogen and oxygen atoms in total. The SMILES string of the molecule is CC(C)(C)OC(=O)N1CCC(NS(=O)(=O)c2ccc(CO)cc2)CC1. The summed E-state index contributed by atoms with van der Waals surface area (Å²) in [7, 11) is -3.62. The average molecular weight is 370 g/mol. The molecule has 0 atom stereocenters. The molecule has 1 aliphatic heterocycles. The zero-order chi connectivity index (χ0) is 18.7. The normalized spacial score (nSPS) is 16.7. The Balaban J connectivity index is 1.91. The first kappa shape index (κ1) is 19.7.